The van der Waals surface area contributed by atoms with Crippen molar-refractivity contribution in [3.8, 4) is 11.1 Å². The summed E-state index contributed by atoms with van der Waals surface area (Å²) in [5.41, 5.74) is 13.1. The van der Waals surface area contributed by atoms with Gasteiger partial charge >= 0.3 is 0 Å². The fourth-order valence-electron chi connectivity index (χ4n) is 5.62. The fraction of sp³-hybridized carbons (Fsp3) is 0.214. The van der Waals surface area contributed by atoms with E-state index in [1.807, 2.05) is 49.4 Å². The van der Waals surface area contributed by atoms with Crippen molar-refractivity contribution in [1.29, 1.82) is 0 Å². The van der Waals surface area contributed by atoms with Crippen molar-refractivity contribution in [2.75, 3.05) is 0 Å². The zero-order chi connectivity index (χ0) is 41.0. The Labute approximate surface area is 341 Å². The van der Waals surface area contributed by atoms with Crippen LogP contribution in [-0.2, 0) is 6.42 Å². The van der Waals surface area contributed by atoms with Gasteiger partial charge in [0.1, 0.15) is 0 Å². The molecule has 56 heavy (non-hydrogen) atoms. The first kappa shape index (κ1) is 46.4. The second-order valence-electron chi connectivity index (χ2n) is 13.9. The molecule has 0 radical (unpaired) electrons. The highest BCUT2D eigenvalue weighted by Crippen LogP contribution is 2.21. The maximum absolute atomic E-state index is 3.78. The van der Waals surface area contributed by atoms with Crippen LogP contribution in [0, 0.1) is 34.6 Å². The first-order chi connectivity index (χ1) is 27.2. The summed E-state index contributed by atoms with van der Waals surface area (Å²) in [6.45, 7) is 22.8. The Morgan fingerprint density at radius 2 is 0.893 bits per heavy atom. The van der Waals surface area contributed by atoms with E-state index in [1.165, 1.54) is 85.7 Å². The van der Waals surface area contributed by atoms with Gasteiger partial charge in [-0.2, -0.15) is 0 Å². The molecule has 0 aliphatic heterocycles. The molecule has 0 aliphatic rings. The van der Waals surface area contributed by atoms with Crippen molar-refractivity contribution in [2.45, 2.75) is 81.6 Å². The molecule has 7 aromatic carbocycles. The molecule has 0 N–H and O–H groups in total. The van der Waals surface area contributed by atoms with Crippen molar-refractivity contribution in [1.82, 2.24) is 0 Å². The minimum Gasteiger partial charge on any atom is -0.0984 e. The van der Waals surface area contributed by atoms with Gasteiger partial charge in [-0.05, 0) is 92.1 Å². The van der Waals surface area contributed by atoms with Crippen LogP contribution in [0.4, 0.5) is 0 Å². The monoisotopic (exact) mass is 739 g/mol. The van der Waals surface area contributed by atoms with Crippen molar-refractivity contribution >= 4 is 22.9 Å². The van der Waals surface area contributed by atoms with Gasteiger partial charge < -0.3 is 0 Å². The molecule has 0 saturated carbocycles. The van der Waals surface area contributed by atoms with Gasteiger partial charge in [0.25, 0.3) is 0 Å². The molecule has 0 amide bonds. The second kappa shape index (κ2) is 27.8. The van der Waals surface area contributed by atoms with E-state index in [4.69, 9.17) is 0 Å². The van der Waals surface area contributed by atoms with Crippen LogP contribution in [-0.4, -0.2) is 0 Å². The van der Waals surface area contributed by atoms with E-state index < -0.39 is 0 Å². The third-order valence-electron chi connectivity index (χ3n) is 8.63. The Balaban J connectivity index is 0.000000243. The Hall–Kier alpha value is -5.72. The Morgan fingerprint density at radius 3 is 1.32 bits per heavy atom. The smallest absolute Gasteiger partial charge is 0.0152 e. The molecule has 7 rings (SSSR count). The molecule has 0 bridgehead atoms. The molecule has 0 aliphatic carbocycles. The van der Waals surface area contributed by atoms with Crippen LogP contribution in [0.1, 0.15) is 85.0 Å². The van der Waals surface area contributed by atoms with Gasteiger partial charge in [-0.3, -0.25) is 0 Å². The summed E-state index contributed by atoms with van der Waals surface area (Å²) in [5.74, 6) is 0. The summed E-state index contributed by atoms with van der Waals surface area (Å²) < 4.78 is 0. The molecule has 0 fully saturated rings. The van der Waals surface area contributed by atoms with Crippen LogP contribution in [0.5, 0.6) is 0 Å². The van der Waals surface area contributed by atoms with Crippen LogP contribution < -0.4 is 0 Å². The van der Waals surface area contributed by atoms with E-state index in [0.29, 0.717) is 0 Å². The van der Waals surface area contributed by atoms with E-state index in [2.05, 4.69) is 208 Å². The molecule has 0 atom stereocenters. The maximum atomic E-state index is 3.78. The number of aryl methyl sites for hydroxylation is 6. The molecule has 0 aromatic heterocycles. The lowest BCUT2D eigenvalue weighted by Gasteiger charge is -2.03. The molecule has 0 unspecified atom stereocenters. The number of allylic oxidation sites excluding steroid dienone is 1. The van der Waals surface area contributed by atoms with Crippen LogP contribution in [0.3, 0.4) is 0 Å². The molecular formula is C56H66. The van der Waals surface area contributed by atoms with Crippen LogP contribution in [0.25, 0.3) is 34.1 Å². The Morgan fingerprint density at radius 1 is 0.464 bits per heavy atom. The number of hydrogen-bond donors (Lipinski definition) is 0. The summed E-state index contributed by atoms with van der Waals surface area (Å²) in [6.07, 6.45) is 9.71. The van der Waals surface area contributed by atoms with E-state index in [9.17, 15) is 0 Å². The summed E-state index contributed by atoms with van der Waals surface area (Å²) >= 11 is 0. The lowest BCUT2D eigenvalue weighted by Crippen LogP contribution is -1.84. The normalized spacial score (nSPS) is 9.73. The molecular weight excluding hydrogens is 673 g/mol. The molecule has 0 heterocycles. The maximum Gasteiger partial charge on any atom is -0.0152 e. The van der Waals surface area contributed by atoms with E-state index in [1.54, 1.807) is 0 Å². The van der Waals surface area contributed by atoms with Gasteiger partial charge in [0.2, 0.25) is 0 Å². The number of hydrogen-bond acceptors (Lipinski definition) is 0. The van der Waals surface area contributed by atoms with E-state index in [-0.39, 0.29) is 0 Å². The molecule has 7 aromatic rings. The van der Waals surface area contributed by atoms with Gasteiger partial charge in [0, 0.05) is 0 Å². The summed E-state index contributed by atoms with van der Waals surface area (Å²) in [5, 5.41) is 2.76. The van der Waals surface area contributed by atoms with Crippen LogP contribution in [0.15, 0.2) is 183 Å². The highest BCUT2D eigenvalue weighted by Gasteiger charge is 1.99. The SMILES string of the molecule is C=Cc1cccc(C)c1/C=C\C.CCC.CCCc1cccc2ccccc12.Cc1ccc(-c2ccc(C)cc2)cc1.Cc1ccccc1.Cc1ccccc1. The lowest BCUT2D eigenvalue weighted by molar-refractivity contribution is 0.930. The Kier molecular flexibility index (Phi) is 23.1. The third kappa shape index (κ3) is 18.1. The second-order valence-corrected chi connectivity index (χ2v) is 13.9. The van der Waals surface area contributed by atoms with Crippen LogP contribution in [0.2, 0.25) is 0 Å². The third-order valence-corrected chi connectivity index (χ3v) is 8.63. The molecule has 0 heteroatoms. The predicted molar refractivity (Wildman–Crippen MR) is 254 cm³/mol. The lowest BCUT2D eigenvalue weighted by atomic mass is 10.0. The number of benzene rings is 7. The largest absolute Gasteiger partial charge is 0.0984 e. The van der Waals surface area contributed by atoms with Crippen molar-refractivity contribution in [3.05, 3.63) is 227 Å². The van der Waals surface area contributed by atoms with E-state index >= 15 is 0 Å². The molecule has 0 spiro atoms. The summed E-state index contributed by atoms with van der Waals surface area (Å²) in [7, 11) is 0. The first-order valence-electron chi connectivity index (χ1n) is 20.2. The van der Waals surface area contributed by atoms with Crippen molar-refractivity contribution in [3.63, 3.8) is 0 Å². The quantitative estimate of drug-likeness (QED) is 0.165. The zero-order valence-corrected chi connectivity index (χ0v) is 35.7. The predicted octanol–water partition coefficient (Wildman–Crippen LogP) is 16.8. The fourth-order valence-corrected chi connectivity index (χ4v) is 5.62. The summed E-state index contributed by atoms with van der Waals surface area (Å²) in [4.78, 5) is 0. The zero-order valence-electron chi connectivity index (χ0n) is 35.7. The molecule has 0 saturated heterocycles. The van der Waals surface area contributed by atoms with Gasteiger partial charge in [0.15, 0.2) is 0 Å². The number of rotatable bonds is 5. The topological polar surface area (TPSA) is 0 Å². The average Bonchev–Trinajstić information content (AvgIpc) is 3.22. The molecule has 290 valence electrons. The van der Waals surface area contributed by atoms with Gasteiger partial charge in [-0.1, -0.05) is 251 Å². The van der Waals surface area contributed by atoms with Crippen molar-refractivity contribution < 1.29 is 0 Å². The standard InChI is InChI=1S/C14H14.C13H14.C12H14.2C7H8.C3H8/c1-11-3-7-13(8-4-11)14-9-5-12(2)6-10-14;1-2-6-11-8-5-9-12-7-3-4-10-13(11)12;1-4-7-12-10(3)8-6-9-11(12)5-2;2*1-7-5-3-2-4-6-7;1-3-2/h3-10H,1-2H3;3-5,7-10H,2,6H2,1H3;4-9H,2H2,1,3H3;2*2-6H,1H3;3H2,1-2H3/b;;7-4-;;;. The Bertz CT molecular complexity index is 2000. The highest BCUT2D eigenvalue weighted by molar-refractivity contribution is 5.85. The van der Waals surface area contributed by atoms with Crippen LogP contribution >= 0.6 is 0 Å². The first-order valence-corrected chi connectivity index (χ1v) is 20.2. The minimum atomic E-state index is 1.18. The molecule has 0 nitrogen and oxygen atoms in total. The van der Waals surface area contributed by atoms with Gasteiger partial charge in [-0.15, -0.1) is 0 Å². The minimum absolute atomic E-state index is 1.18. The highest BCUT2D eigenvalue weighted by atomic mass is 14.0. The van der Waals surface area contributed by atoms with E-state index in [0.717, 1.165) is 0 Å². The number of fused-ring (bicyclic) bond motifs is 1. The van der Waals surface area contributed by atoms with Gasteiger partial charge in [0.05, 0.1) is 0 Å². The van der Waals surface area contributed by atoms with Gasteiger partial charge in [-0.25, -0.2) is 0 Å². The van der Waals surface area contributed by atoms with Crippen molar-refractivity contribution in [2.24, 2.45) is 0 Å². The summed E-state index contributed by atoms with van der Waals surface area (Å²) in [6, 6.07) is 59.2. The average molecular weight is 739 g/mol.